The van der Waals surface area contributed by atoms with Crippen LogP contribution in [0.15, 0.2) is 164 Å². The largest absolute Gasteiger partial charge is 0.509 e. The number of para-hydroxylation sites is 4. The van der Waals surface area contributed by atoms with E-state index in [2.05, 4.69) is 76.9 Å². The van der Waals surface area contributed by atoms with Crippen LogP contribution in [0.5, 0.6) is 11.5 Å². The van der Waals surface area contributed by atoms with E-state index in [4.69, 9.17) is 22.6 Å². The molecular weight excluding hydrogens is 952 g/mol. The molecule has 0 spiro atoms. The second-order valence-corrected chi connectivity index (χ2v) is 17.2. The first-order valence-electron chi connectivity index (χ1n) is 27.6. The molecule has 0 radical (unpaired) electrons. The number of nitrogens with zero attached hydrogens (tertiary/aromatic N) is 4. The van der Waals surface area contributed by atoms with Gasteiger partial charge in [0.2, 0.25) is 0 Å². The Labute approximate surface area is 407 Å². The Kier molecular flexibility index (Phi) is 7.17. The van der Waals surface area contributed by atoms with Crippen molar-refractivity contribution in [1.82, 2.24) is 9.55 Å². The maximum atomic E-state index is 9.19. The molecule has 9 aromatic rings. The van der Waals surface area contributed by atoms with E-state index in [1.807, 2.05) is 58.9 Å². The van der Waals surface area contributed by atoms with Gasteiger partial charge in [0.1, 0.15) is 5.82 Å². The fourth-order valence-electron chi connectivity index (χ4n) is 7.81. The molecule has 0 fully saturated rings. The van der Waals surface area contributed by atoms with Crippen LogP contribution < -0.4 is 14.5 Å². The van der Waals surface area contributed by atoms with E-state index >= 15 is 0 Å². The third kappa shape index (κ3) is 7.85. The van der Waals surface area contributed by atoms with Gasteiger partial charge < -0.3 is 19.1 Å². The minimum absolute atomic E-state index is 0. The first-order chi connectivity index (χ1) is 36.1. The van der Waals surface area contributed by atoms with E-state index in [9.17, 15) is 2.74 Å². The molecule has 0 bridgehead atoms. The van der Waals surface area contributed by atoms with Crippen LogP contribution in [0.25, 0.3) is 49.9 Å². The van der Waals surface area contributed by atoms with Gasteiger partial charge in [-0.2, -0.15) is 12.1 Å². The predicted molar refractivity (Wildman–Crippen MR) is 257 cm³/mol. The van der Waals surface area contributed by atoms with Crippen molar-refractivity contribution in [2.24, 2.45) is 0 Å². The third-order valence-electron chi connectivity index (χ3n) is 11.0. The van der Waals surface area contributed by atoms with Crippen LogP contribution in [0.4, 0.5) is 22.7 Å². The molecule has 0 amide bonds. The fraction of sp³-hybridized carbons (Fsp3) is 0.158. The number of hydrogen-bond donors (Lipinski definition) is 0. The standard InChI is InChI=1S/C57H49N4O.Pt/c1-38-29-30-58-54(31-38)61-50-24-12-11-21-48(50)49-28-27-45(36-53(49)61)62-44-20-15-19-43(35-44)59-37-60(52-26-14-13-25-51(52)59)55-46(39-17-9-8-10-18-39)22-16-23-47(55)40-32-41(56(2,3)4)34-42(33-40)57(5,6)7;/h8-34,37H,1-7H3;/q-3;/i1D3,8D,9D,10D,11D,12D,17D,18D,21D,24D,29D,30D,31D;. The summed E-state index contributed by atoms with van der Waals surface area (Å²) in [5.74, 6) is -0.197. The van der Waals surface area contributed by atoms with Crippen molar-refractivity contribution >= 4 is 44.6 Å². The zero-order chi connectivity index (χ0) is 55.7. The molecule has 1 aliphatic heterocycles. The van der Waals surface area contributed by atoms with Crippen LogP contribution in [0, 0.1) is 25.7 Å². The Balaban J connectivity index is 0.00000740. The Hall–Kier alpha value is -6.42. The molecule has 7 aromatic carbocycles. The summed E-state index contributed by atoms with van der Waals surface area (Å²) in [5, 5.41) is 0.266. The van der Waals surface area contributed by atoms with Gasteiger partial charge in [0.15, 0.2) is 0 Å². The number of rotatable bonds is 7. The molecule has 10 rings (SSSR count). The van der Waals surface area contributed by atoms with Gasteiger partial charge in [-0.05, 0) is 81.1 Å². The summed E-state index contributed by atoms with van der Waals surface area (Å²) < 4.78 is 137. The van der Waals surface area contributed by atoms with Crippen LogP contribution in [0.3, 0.4) is 0 Å². The minimum atomic E-state index is -3.01. The fourth-order valence-corrected chi connectivity index (χ4v) is 7.81. The summed E-state index contributed by atoms with van der Waals surface area (Å²) in [5.41, 5.74) is 5.33. The van der Waals surface area contributed by atoms with Gasteiger partial charge >= 0.3 is 0 Å². The minimum Gasteiger partial charge on any atom is -0.509 e. The average Bonchev–Trinajstić information content (AvgIpc) is 4.17. The zero-order valence-corrected chi connectivity index (χ0v) is 37.5. The molecule has 316 valence electrons. The maximum absolute atomic E-state index is 9.19. The van der Waals surface area contributed by atoms with Gasteiger partial charge in [0.05, 0.1) is 16.4 Å². The molecular formula is C57H49N4OPt-3. The molecule has 5 nitrogen and oxygen atoms in total. The monoisotopic (exact) mass is 1020 g/mol. The molecule has 0 unspecified atom stereocenters. The number of pyridine rings is 1. The smallest absolute Gasteiger partial charge is 0.135 e. The Morgan fingerprint density at radius 1 is 0.651 bits per heavy atom. The SMILES string of the molecule is [2H]c1nc(-n2c3[c-]c(Oc4[c-]c(N5[CH-]N(c6c(-c7cc(C(C)(C)C)cc(C(C)(C)C)c7)cccc6-c6c([2H])c([2H])c([2H])c([2H])c6[2H])c6ccccc65)ccc4)ccc3c3c([2H])c([2H])c([2H])c([2H])c32)c([2H])c(C([2H])([2H])[2H])c1[2H].[Pt]. The van der Waals surface area contributed by atoms with Gasteiger partial charge in [0, 0.05) is 76.6 Å². The topological polar surface area (TPSA) is 33.5 Å². The van der Waals surface area contributed by atoms with E-state index in [1.54, 1.807) is 24.3 Å². The van der Waals surface area contributed by atoms with Crippen molar-refractivity contribution in [3.63, 3.8) is 0 Å². The van der Waals surface area contributed by atoms with Crippen molar-refractivity contribution in [2.45, 2.75) is 59.2 Å². The Morgan fingerprint density at radius 3 is 2.05 bits per heavy atom. The van der Waals surface area contributed by atoms with E-state index in [0.29, 0.717) is 28.3 Å². The number of hydrogen-bond acceptors (Lipinski definition) is 4. The third-order valence-corrected chi connectivity index (χ3v) is 11.0. The van der Waals surface area contributed by atoms with Crippen LogP contribution in [0.1, 0.15) is 78.8 Å². The quantitative estimate of drug-likeness (QED) is 0.149. The number of fused-ring (bicyclic) bond motifs is 4. The summed E-state index contributed by atoms with van der Waals surface area (Å²) in [6, 6.07) is 28.8. The van der Waals surface area contributed by atoms with Crippen molar-refractivity contribution < 1.29 is 46.4 Å². The molecule has 0 atom stereocenters. The van der Waals surface area contributed by atoms with E-state index in [1.165, 1.54) is 6.07 Å². The molecule has 2 aromatic heterocycles. The van der Waals surface area contributed by atoms with Gasteiger partial charge in [-0.3, -0.25) is 0 Å². The maximum Gasteiger partial charge on any atom is 0.135 e. The van der Waals surface area contributed by atoms with Gasteiger partial charge in [-0.15, -0.1) is 48.1 Å². The molecule has 0 saturated heterocycles. The molecule has 0 saturated carbocycles. The van der Waals surface area contributed by atoms with Crippen molar-refractivity contribution in [1.29, 1.82) is 0 Å². The summed E-state index contributed by atoms with van der Waals surface area (Å²) in [4.78, 5) is 7.99. The van der Waals surface area contributed by atoms with E-state index in [-0.39, 0.29) is 82.8 Å². The van der Waals surface area contributed by atoms with E-state index < -0.39 is 78.8 Å². The predicted octanol–water partition coefficient (Wildman–Crippen LogP) is 15.2. The van der Waals surface area contributed by atoms with Crippen molar-refractivity contribution in [2.75, 3.05) is 9.80 Å². The van der Waals surface area contributed by atoms with Crippen LogP contribution in [-0.4, -0.2) is 9.55 Å². The second-order valence-electron chi connectivity index (χ2n) is 17.2. The summed E-state index contributed by atoms with van der Waals surface area (Å²) in [6.07, 6.45) is -0.756. The van der Waals surface area contributed by atoms with Crippen LogP contribution in [-0.2, 0) is 31.9 Å². The first-order valence-corrected chi connectivity index (χ1v) is 20.1. The Morgan fingerprint density at radius 2 is 1.32 bits per heavy atom. The van der Waals surface area contributed by atoms with Crippen molar-refractivity contribution in [3.8, 4) is 39.6 Å². The Bertz CT molecular complexity index is 3900. The van der Waals surface area contributed by atoms with Crippen molar-refractivity contribution in [3.05, 3.63) is 199 Å². The second kappa shape index (κ2) is 16.4. The summed E-state index contributed by atoms with van der Waals surface area (Å²) in [6.45, 7) is 11.8. The van der Waals surface area contributed by atoms with Gasteiger partial charge in [-0.1, -0.05) is 144 Å². The van der Waals surface area contributed by atoms with Gasteiger partial charge in [0.25, 0.3) is 0 Å². The number of anilines is 4. The molecule has 0 aliphatic carbocycles. The van der Waals surface area contributed by atoms with Crippen LogP contribution >= 0.6 is 0 Å². The van der Waals surface area contributed by atoms with E-state index in [0.717, 1.165) is 26.8 Å². The average molecular weight is 1020 g/mol. The molecule has 1 aliphatic rings. The number of aromatic nitrogens is 2. The summed E-state index contributed by atoms with van der Waals surface area (Å²) >= 11 is 0. The first kappa shape index (κ1) is 27.6. The molecule has 63 heavy (non-hydrogen) atoms. The number of benzene rings is 7. The molecule has 3 heterocycles. The summed E-state index contributed by atoms with van der Waals surface area (Å²) in [7, 11) is 0. The number of ether oxygens (including phenoxy) is 1. The normalized spacial score (nSPS) is 16.3. The van der Waals surface area contributed by atoms with Gasteiger partial charge in [-0.25, -0.2) is 4.98 Å². The molecule has 6 heteroatoms. The zero-order valence-electron chi connectivity index (χ0n) is 50.3. The molecule has 0 N–H and O–H groups in total. The van der Waals surface area contributed by atoms with Crippen LogP contribution in [0.2, 0.25) is 0 Å².